The van der Waals surface area contributed by atoms with E-state index in [9.17, 15) is 10.1 Å². The number of rotatable bonds is 3. The number of hydrogen-bond donors (Lipinski definition) is 0. The van der Waals surface area contributed by atoms with Crippen molar-refractivity contribution in [2.75, 3.05) is 0 Å². The van der Waals surface area contributed by atoms with Crippen LogP contribution in [0.3, 0.4) is 0 Å². The first-order chi connectivity index (χ1) is 9.74. The number of nitro groups is 1. The molecule has 0 heterocycles. The molecule has 0 bridgehead atoms. The van der Waals surface area contributed by atoms with Gasteiger partial charge in [-0.05, 0) is 16.3 Å². The summed E-state index contributed by atoms with van der Waals surface area (Å²) in [4.78, 5) is 10.7. The quantitative estimate of drug-likeness (QED) is 0.521. The van der Waals surface area contributed by atoms with E-state index >= 15 is 0 Å². The molecule has 20 heavy (non-hydrogen) atoms. The SMILES string of the molecule is O=[N+]([O-])c1ccccc1Cc1ccc2ccccc2c1. The number of benzene rings is 3. The average molecular weight is 263 g/mol. The van der Waals surface area contributed by atoms with Gasteiger partial charge in [0.25, 0.3) is 5.69 Å². The van der Waals surface area contributed by atoms with Crippen molar-refractivity contribution >= 4 is 16.5 Å². The highest BCUT2D eigenvalue weighted by Crippen LogP contribution is 2.23. The van der Waals surface area contributed by atoms with E-state index in [0.29, 0.717) is 6.42 Å². The van der Waals surface area contributed by atoms with Crippen molar-refractivity contribution in [2.45, 2.75) is 6.42 Å². The summed E-state index contributed by atoms with van der Waals surface area (Å²) in [7, 11) is 0. The zero-order valence-corrected chi connectivity index (χ0v) is 10.8. The summed E-state index contributed by atoms with van der Waals surface area (Å²) >= 11 is 0. The Morgan fingerprint density at radius 1 is 0.850 bits per heavy atom. The van der Waals surface area contributed by atoms with Crippen LogP contribution in [0.5, 0.6) is 0 Å². The Morgan fingerprint density at radius 2 is 1.55 bits per heavy atom. The second kappa shape index (κ2) is 5.13. The van der Waals surface area contributed by atoms with Crippen molar-refractivity contribution in [3.05, 3.63) is 88.0 Å². The number of para-hydroxylation sites is 1. The second-order valence-electron chi connectivity index (χ2n) is 4.74. The summed E-state index contributed by atoms with van der Waals surface area (Å²) in [6.45, 7) is 0. The van der Waals surface area contributed by atoms with E-state index in [1.54, 1.807) is 12.1 Å². The highest BCUT2D eigenvalue weighted by atomic mass is 16.6. The highest BCUT2D eigenvalue weighted by molar-refractivity contribution is 5.83. The minimum absolute atomic E-state index is 0.181. The van der Waals surface area contributed by atoms with Crippen LogP contribution in [0.2, 0.25) is 0 Å². The van der Waals surface area contributed by atoms with Gasteiger partial charge in [-0.1, -0.05) is 60.7 Å². The van der Waals surface area contributed by atoms with Crippen LogP contribution >= 0.6 is 0 Å². The molecule has 0 N–H and O–H groups in total. The first kappa shape index (κ1) is 12.4. The van der Waals surface area contributed by atoms with E-state index in [-0.39, 0.29) is 10.6 Å². The molecule has 98 valence electrons. The molecule has 3 aromatic carbocycles. The predicted octanol–water partition coefficient (Wildman–Crippen LogP) is 4.34. The molecule has 0 saturated carbocycles. The first-order valence-electron chi connectivity index (χ1n) is 6.44. The fourth-order valence-electron chi connectivity index (χ4n) is 2.41. The largest absolute Gasteiger partial charge is 0.272 e. The van der Waals surface area contributed by atoms with Crippen LogP contribution in [0.25, 0.3) is 10.8 Å². The number of nitro benzene ring substituents is 1. The maximum atomic E-state index is 11.0. The molecule has 0 fully saturated rings. The van der Waals surface area contributed by atoms with Crippen LogP contribution in [0.1, 0.15) is 11.1 Å². The Hall–Kier alpha value is -2.68. The van der Waals surface area contributed by atoms with E-state index in [0.717, 1.165) is 16.5 Å². The molecule has 0 amide bonds. The number of fused-ring (bicyclic) bond motifs is 1. The Labute approximate surface area is 116 Å². The van der Waals surface area contributed by atoms with E-state index in [2.05, 4.69) is 24.3 Å². The molecular formula is C17H13NO2. The Bertz CT molecular complexity index is 781. The zero-order valence-electron chi connectivity index (χ0n) is 10.8. The van der Waals surface area contributed by atoms with Gasteiger partial charge < -0.3 is 0 Å². The smallest absolute Gasteiger partial charge is 0.258 e. The topological polar surface area (TPSA) is 43.1 Å². The van der Waals surface area contributed by atoms with Crippen LogP contribution in [0.15, 0.2) is 66.7 Å². The monoisotopic (exact) mass is 263 g/mol. The first-order valence-corrected chi connectivity index (χ1v) is 6.44. The molecule has 0 unspecified atom stereocenters. The third kappa shape index (κ3) is 2.38. The van der Waals surface area contributed by atoms with Gasteiger partial charge in [0.2, 0.25) is 0 Å². The molecule has 3 rings (SSSR count). The Balaban J connectivity index is 1.99. The second-order valence-corrected chi connectivity index (χ2v) is 4.74. The van der Waals surface area contributed by atoms with Gasteiger partial charge in [-0.25, -0.2) is 0 Å². The summed E-state index contributed by atoms with van der Waals surface area (Å²) in [5.41, 5.74) is 2.01. The fraction of sp³-hybridized carbons (Fsp3) is 0.0588. The fourth-order valence-corrected chi connectivity index (χ4v) is 2.41. The van der Waals surface area contributed by atoms with Gasteiger partial charge in [0, 0.05) is 18.1 Å². The minimum Gasteiger partial charge on any atom is -0.258 e. The molecule has 0 aliphatic rings. The highest BCUT2D eigenvalue weighted by Gasteiger charge is 2.12. The van der Waals surface area contributed by atoms with Crippen molar-refractivity contribution in [1.29, 1.82) is 0 Å². The van der Waals surface area contributed by atoms with Gasteiger partial charge in [0.05, 0.1) is 4.92 Å². The van der Waals surface area contributed by atoms with Crippen molar-refractivity contribution in [3.63, 3.8) is 0 Å². The standard InChI is InChI=1S/C17H13NO2/c19-18(20)17-8-4-3-7-16(17)12-13-9-10-14-5-1-2-6-15(14)11-13/h1-11H,12H2. The lowest BCUT2D eigenvalue weighted by Gasteiger charge is -2.05. The van der Waals surface area contributed by atoms with Crippen LogP contribution in [-0.2, 0) is 6.42 Å². The molecule has 3 nitrogen and oxygen atoms in total. The summed E-state index contributed by atoms with van der Waals surface area (Å²) in [5.74, 6) is 0. The van der Waals surface area contributed by atoms with Crippen molar-refractivity contribution in [1.82, 2.24) is 0 Å². The maximum Gasteiger partial charge on any atom is 0.272 e. The van der Waals surface area contributed by atoms with E-state index in [1.807, 2.05) is 30.3 Å². The zero-order chi connectivity index (χ0) is 13.9. The van der Waals surface area contributed by atoms with E-state index in [1.165, 1.54) is 5.39 Å². The van der Waals surface area contributed by atoms with Gasteiger partial charge in [-0.3, -0.25) is 10.1 Å². The maximum absolute atomic E-state index is 11.0. The van der Waals surface area contributed by atoms with Gasteiger partial charge >= 0.3 is 0 Å². The molecule has 3 aromatic rings. The predicted molar refractivity (Wildman–Crippen MR) is 79.9 cm³/mol. The summed E-state index contributed by atoms with van der Waals surface area (Å²) in [6, 6.07) is 21.2. The molecular weight excluding hydrogens is 250 g/mol. The van der Waals surface area contributed by atoms with E-state index < -0.39 is 0 Å². The molecule has 0 aliphatic carbocycles. The minimum atomic E-state index is -0.323. The van der Waals surface area contributed by atoms with Crippen LogP contribution in [0.4, 0.5) is 5.69 Å². The molecule has 0 atom stereocenters. The summed E-state index contributed by atoms with van der Waals surface area (Å²) in [5, 5.41) is 13.4. The molecule has 0 spiro atoms. The Morgan fingerprint density at radius 3 is 2.35 bits per heavy atom. The number of nitrogens with zero attached hydrogens (tertiary/aromatic N) is 1. The lowest BCUT2D eigenvalue weighted by molar-refractivity contribution is -0.385. The molecule has 0 aromatic heterocycles. The average Bonchev–Trinajstić information content (AvgIpc) is 2.47. The lowest BCUT2D eigenvalue weighted by atomic mass is 10.0. The van der Waals surface area contributed by atoms with Crippen LogP contribution in [0, 0.1) is 10.1 Å². The molecule has 0 radical (unpaired) electrons. The van der Waals surface area contributed by atoms with Crippen molar-refractivity contribution < 1.29 is 4.92 Å². The molecule has 0 aliphatic heterocycles. The third-order valence-corrected chi connectivity index (χ3v) is 3.40. The summed E-state index contributed by atoms with van der Waals surface area (Å²) < 4.78 is 0. The van der Waals surface area contributed by atoms with Crippen molar-refractivity contribution in [3.8, 4) is 0 Å². The van der Waals surface area contributed by atoms with Gasteiger partial charge in [-0.2, -0.15) is 0 Å². The summed E-state index contributed by atoms with van der Waals surface area (Å²) in [6.07, 6.45) is 0.571. The molecule has 3 heteroatoms. The number of hydrogen-bond acceptors (Lipinski definition) is 2. The lowest BCUT2D eigenvalue weighted by Crippen LogP contribution is -1.96. The normalized spacial score (nSPS) is 10.6. The third-order valence-electron chi connectivity index (χ3n) is 3.40. The van der Waals surface area contributed by atoms with E-state index in [4.69, 9.17) is 0 Å². The van der Waals surface area contributed by atoms with Gasteiger partial charge in [-0.15, -0.1) is 0 Å². The Kier molecular flexibility index (Phi) is 3.17. The van der Waals surface area contributed by atoms with Crippen LogP contribution < -0.4 is 0 Å². The van der Waals surface area contributed by atoms with Gasteiger partial charge in [0.1, 0.15) is 0 Å². The molecule has 0 saturated heterocycles. The van der Waals surface area contributed by atoms with Gasteiger partial charge in [0.15, 0.2) is 0 Å². The van der Waals surface area contributed by atoms with Crippen LogP contribution in [-0.4, -0.2) is 4.92 Å². The van der Waals surface area contributed by atoms with Crippen molar-refractivity contribution in [2.24, 2.45) is 0 Å².